The molecule has 0 saturated heterocycles. The number of aromatic nitrogens is 5. The minimum atomic E-state index is -4.63. The summed E-state index contributed by atoms with van der Waals surface area (Å²) in [5.41, 5.74) is 3.21. The lowest BCUT2D eigenvalue weighted by Crippen LogP contribution is -2.41. The molecule has 204 valence electrons. The number of halogens is 3. The summed E-state index contributed by atoms with van der Waals surface area (Å²) in [4.78, 5) is 24.5. The van der Waals surface area contributed by atoms with Crippen LogP contribution in [0, 0.1) is 13.8 Å². The van der Waals surface area contributed by atoms with Gasteiger partial charge in [-0.3, -0.25) is 14.5 Å². The molecule has 0 N–H and O–H groups in total. The lowest BCUT2D eigenvalue weighted by Gasteiger charge is -2.36. The minimum absolute atomic E-state index is 0.0108. The van der Waals surface area contributed by atoms with Crippen LogP contribution in [-0.2, 0) is 32.2 Å². The van der Waals surface area contributed by atoms with Gasteiger partial charge < -0.3 is 9.47 Å². The average Bonchev–Trinajstić information content (AvgIpc) is 3.49. The zero-order chi connectivity index (χ0) is 27.9. The SMILES string of the molecule is CCc1ccnc(CN2CC(Cn3cc(C)nc3C)c3c(cccc3-c3cn(CC)nc3C(F)(F)F)C2=O)c1. The number of nitrogens with zero attached hydrogens (tertiary/aromatic N) is 6. The number of carbonyl (C=O) groups excluding carboxylic acids is 1. The Balaban J connectivity index is 1.64. The molecule has 1 amide bonds. The Hall–Kier alpha value is -3.95. The maximum Gasteiger partial charge on any atom is 0.435 e. The Labute approximate surface area is 225 Å². The Kier molecular flexibility index (Phi) is 7.05. The molecule has 1 atom stereocenters. The highest BCUT2D eigenvalue weighted by atomic mass is 19.4. The third-order valence-electron chi connectivity index (χ3n) is 7.27. The Morgan fingerprint density at radius 3 is 2.49 bits per heavy atom. The number of carbonyl (C=O) groups is 1. The molecule has 1 unspecified atom stereocenters. The van der Waals surface area contributed by atoms with Gasteiger partial charge in [-0.15, -0.1) is 0 Å². The molecule has 4 heterocycles. The summed E-state index contributed by atoms with van der Waals surface area (Å²) in [5, 5.41) is 3.83. The third-order valence-corrected chi connectivity index (χ3v) is 7.27. The van der Waals surface area contributed by atoms with Crippen molar-refractivity contribution in [3.05, 3.63) is 88.5 Å². The van der Waals surface area contributed by atoms with E-state index in [4.69, 9.17) is 0 Å². The molecular formula is C29H31F3N6O. The van der Waals surface area contributed by atoms with Gasteiger partial charge in [0.25, 0.3) is 5.91 Å². The molecule has 0 aliphatic carbocycles. The Morgan fingerprint density at radius 1 is 1.05 bits per heavy atom. The fourth-order valence-electron chi connectivity index (χ4n) is 5.43. The predicted molar refractivity (Wildman–Crippen MR) is 141 cm³/mol. The van der Waals surface area contributed by atoms with Crippen LogP contribution in [0.4, 0.5) is 13.2 Å². The first kappa shape index (κ1) is 26.6. The van der Waals surface area contributed by atoms with E-state index in [0.717, 1.165) is 29.2 Å². The van der Waals surface area contributed by atoms with Crippen molar-refractivity contribution in [2.75, 3.05) is 6.54 Å². The number of alkyl halides is 3. The molecule has 10 heteroatoms. The van der Waals surface area contributed by atoms with Gasteiger partial charge >= 0.3 is 6.18 Å². The van der Waals surface area contributed by atoms with Gasteiger partial charge in [0, 0.05) is 55.3 Å². The number of aryl methyl sites for hydroxylation is 4. The molecule has 1 aliphatic rings. The predicted octanol–water partition coefficient (Wildman–Crippen LogP) is 5.80. The van der Waals surface area contributed by atoms with Crippen LogP contribution in [0.2, 0.25) is 0 Å². The number of benzene rings is 1. The highest BCUT2D eigenvalue weighted by molar-refractivity contribution is 5.99. The summed E-state index contributed by atoms with van der Waals surface area (Å²) < 4.78 is 45.6. The van der Waals surface area contributed by atoms with E-state index in [-0.39, 0.29) is 17.4 Å². The largest absolute Gasteiger partial charge is 0.435 e. The first-order valence-electron chi connectivity index (χ1n) is 13.1. The van der Waals surface area contributed by atoms with Crippen LogP contribution in [0.25, 0.3) is 11.1 Å². The van der Waals surface area contributed by atoms with E-state index >= 15 is 0 Å². The Bertz CT molecular complexity index is 1520. The number of imidazole rings is 1. The maximum atomic E-state index is 14.1. The van der Waals surface area contributed by atoms with Crippen molar-refractivity contribution < 1.29 is 18.0 Å². The van der Waals surface area contributed by atoms with Crippen LogP contribution in [0.15, 0.2) is 48.9 Å². The molecule has 0 fully saturated rings. The highest BCUT2D eigenvalue weighted by Gasteiger charge is 2.40. The van der Waals surface area contributed by atoms with Crippen LogP contribution >= 0.6 is 0 Å². The van der Waals surface area contributed by atoms with Gasteiger partial charge in [0.15, 0.2) is 5.69 Å². The summed E-state index contributed by atoms with van der Waals surface area (Å²) in [6.45, 7) is 9.02. The molecule has 7 nitrogen and oxygen atoms in total. The minimum Gasteiger partial charge on any atom is -0.334 e. The number of amides is 1. The van der Waals surface area contributed by atoms with Crippen molar-refractivity contribution >= 4 is 5.91 Å². The van der Waals surface area contributed by atoms with Crippen molar-refractivity contribution in [3.63, 3.8) is 0 Å². The van der Waals surface area contributed by atoms with Crippen LogP contribution in [0.3, 0.4) is 0 Å². The number of hydrogen-bond acceptors (Lipinski definition) is 4. The summed E-state index contributed by atoms with van der Waals surface area (Å²) in [7, 11) is 0. The molecule has 3 aromatic heterocycles. The third kappa shape index (κ3) is 5.20. The van der Waals surface area contributed by atoms with E-state index in [1.807, 2.05) is 36.7 Å². The lowest BCUT2D eigenvalue weighted by atomic mass is 9.83. The van der Waals surface area contributed by atoms with Gasteiger partial charge in [-0.2, -0.15) is 18.3 Å². The summed E-state index contributed by atoms with van der Waals surface area (Å²) >= 11 is 0. The molecule has 1 aromatic carbocycles. The van der Waals surface area contributed by atoms with Gasteiger partial charge in [0.1, 0.15) is 5.82 Å². The quantitative estimate of drug-likeness (QED) is 0.299. The summed E-state index contributed by atoms with van der Waals surface area (Å²) in [6.07, 6.45) is 1.32. The molecule has 39 heavy (non-hydrogen) atoms. The molecule has 4 aromatic rings. The lowest BCUT2D eigenvalue weighted by molar-refractivity contribution is -0.141. The van der Waals surface area contributed by atoms with Crippen LogP contribution in [-0.4, -0.2) is 41.7 Å². The van der Waals surface area contributed by atoms with Crippen molar-refractivity contribution in [1.29, 1.82) is 0 Å². The summed E-state index contributed by atoms with van der Waals surface area (Å²) in [5.74, 6) is 0.311. The first-order chi connectivity index (χ1) is 18.6. The van der Waals surface area contributed by atoms with E-state index in [2.05, 4.69) is 22.0 Å². The van der Waals surface area contributed by atoms with Crippen molar-refractivity contribution in [3.8, 4) is 11.1 Å². The standard InChI is InChI=1S/C29H31F3N6O/c1-5-20-10-11-33-22(12-20)16-37-15-21(14-36-13-18(3)34-19(36)4)26-23(8-7-9-24(26)28(37)39)25-17-38(6-2)35-27(25)29(30,31)32/h7-13,17,21H,5-6,14-16H2,1-4H3. The molecule has 1 aliphatic heterocycles. The number of rotatable bonds is 7. The molecule has 0 saturated carbocycles. The summed E-state index contributed by atoms with van der Waals surface area (Å²) in [6, 6.07) is 8.97. The van der Waals surface area contributed by atoms with Gasteiger partial charge in [-0.1, -0.05) is 19.1 Å². The van der Waals surface area contributed by atoms with Crippen molar-refractivity contribution in [1.82, 2.24) is 29.2 Å². The second kappa shape index (κ2) is 10.3. The van der Waals surface area contributed by atoms with Gasteiger partial charge in [-0.05, 0) is 62.1 Å². The van der Waals surface area contributed by atoms with Crippen LogP contribution < -0.4 is 0 Å². The van der Waals surface area contributed by atoms with E-state index in [1.54, 1.807) is 36.2 Å². The zero-order valence-corrected chi connectivity index (χ0v) is 22.5. The second-order valence-electron chi connectivity index (χ2n) is 9.99. The van der Waals surface area contributed by atoms with Gasteiger partial charge in [0.2, 0.25) is 0 Å². The maximum absolute atomic E-state index is 14.1. The molecule has 0 spiro atoms. The molecule has 5 rings (SSSR count). The monoisotopic (exact) mass is 536 g/mol. The van der Waals surface area contributed by atoms with Gasteiger partial charge in [-0.25, -0.2) is 4.98 Å². The topological polar surface area (TPSA) is 68.8 Å². The molecule has 0 radical (unpaired) electrons. The number of fused-ring (bicyclic) bond motifs is 1. The van der Waals surface area contributed by atoms with Crippen LogP contribution in [0.1, 0.15) is 64.2 Å². The smallest absolute Gasteiger partial charge is 0.334 e. The first-order valence-corrected chi connectivity index (χ1v) is 13.1. The zero-order valence-electron chi connectivity index (χ0n) is 22.5. The van der Waals surface area contributed by atoms with Gasteiger partial charge in [0.05, 0.1) is 17.9 Å². The highest BCUT2D eigenvalue weighted by Crippen LogP contribution is 2.42. The fraction of sp³-hybridized carbons (Fsp3) is 0.379. The van der Waals surface area contributed by atoms with E-state index in [1.165, 1.54) is 10.9 Å². The molecular weight excluding hydrogens is 505 g/mol. The van der Waals surface area contributed by atoms with E-state index in [9.17, 15) is 18.0 Å². The van der Waals surface area contributed by atoms with Crippen LogP contribution in [0.5, 0.6) is 0 Å². The fourth-order valence-corrected chi connectivity index (χ4v) is 5.43. The second-order valence-corrected chi connectivity index (χ2v) is 9.99. The molecule has 0 bridgehead atoms. The van der Waals surface area contributed by atoms with E-state index < -0.39 is 11.9 Å². The normalized spacial score (nSPS) is 15.6. The van der Waals surface area contributed by atoms with Crippen molar-refractivity contribution in [2.24, 2.45) is 0 Å². The average molecular weight is 537 g/mol. The Morgan fingerprint density at radius 2 is 1.82 bits per heavy atom. The number of pyridine rings is 1. The van der Waals surface area contributed by atoms with Crippen molar-refractivity contribution in [2.45, 2.75) is 65.8 Å². The van der Waals surface area contributed by atoms with E-state index in [0.29, 0.717) is 42.9 Å². The number of hydrogen-bond donors (Lipinski definition) is 0.